The number of nitrogens with one attached hydrogen (secondary N) is 1. The smallest absolute Gasteiger partial charge is 0.335 e. The molecule has 0 aliphatic rings. The molecule has 0 fully saturated rings. The van der Waals surface area contributed by atoms with Crippen molar-refractivity contribution in [1.82, 2.24) is 4.72 Å². The molecule has 0 amide bonds. The van der Waals surface area contributed by atoms with Crippen molar-refractivity contribution in [3.63, 3.8) is 0 Å². The van der Waals surface area contributed by atoms with Crippen molar-refractivity contribution < 1.29 is 18.3 Å². The zero-order valence-corrected chi connectivity index (χ0v) is 12.8. The third kappa shape index (κ3) is 3.58. The Labute approximate surface area is 120 Å². The first kappa shape index (κ1) is 16.7. The Hall–Kier alpha value is -1.40. The molecule has 0 aliphatic carbocycles. The molecule has 6 heteroatoms. The van der Waals surface area contributed by atoms with Crippen molar-refractivity contribution in [2.75, 3.05) is 0 Å². The highest BCUT2D eigenvalue weighted by molar-refractivity contribution is 7.89. The first-order valence-corrected chi connectivity index (χ1v) is 8.16. The fourth-order valence-electron chi connectivity index (χ4n) is 2.09. The van der Waals surface area contributed by atoms with Gasteiger partial charge < -0.3 is 5.11 Å². The molecule has 1 aromatic carbocycles. The van der Waals surface area contributed by atoms with E-state index in [-0.39, 0.29) is 10.5 Å². The number of rotatable bonds is 7. The fourth-order valence-corrected chi connectivity index (χ4v) is 3.70. The molecule has 5 nitrogen and oxygen atoms in total. The first-order chi connectivity index (χ1) is 9.30. The second-order valence-electron chi connectivity index (χ2n) is 4.78. The molecule has 0 saturated carbocycles. The van der Waals surface area contributed by atoms with Crippen LogP contribution in [0.3, 0.4) is 0 Å². The molecule has 0 bridgehead atoms. The number of carbonyl (C=O) groups is 1. The lowest BCUT2D eigenvalue weighted by molar-refractivity contribution is 0.0696. The van der Waals surface area contributed by atoms with Crippen LogP contribution < -0.4 is 4.72 Å². The van der Waals surface area contributed by atoms with Crippen LogP contribution in [0.4, 0.5) is 0 Å². The van der Waals surface area contributed by atoms with Crippen molar-refractivity contribution in [3.8, 4) is 0 Å². The van der Waals surface area contributed by atoms with E-state index >= 15 is 0 Å². The third-order valence-corrected chi connectivity index (χ3v) is 5.39. The molecule has 112 valence electrons. The molecular weight excluding hydrogens is 278 g/mol. The van der Waals surface area contributed by atoms with Gasteiger partial charge in [0.1, 0.15) is 0 Å². The van der Waals surface area contributed by atoms with E-state index in [0.29, 0.717) is 19.3 Å². The van der Waals surface area contributed by atoms with Crippen LogP contribution in [0.25, 0.3) is 0 Å². The van der Waals surface area contributed by atoms with E-state index in [2.05, 4.69) is 4.72 Å². The van der Waals surface area contributed by atoms with Gasteiger partial charge in [-0.3, -0.25) is 0 Å². The van der Waals surface area contributed by atoms with Crippen molar-refractivity contribution >= 4 is 16.0 Å². The van der Waals surface area contributed by atoms with Gasteiger partial charge in [0.15, 0.2) is 0 Å². The van der Waals surface area contributed by atoms with Crippen molar-refractivity contribution in [1.29, 1.82) is 0 Å². The Kier molecular flexibility index (Phi) is 5.30. The lowest BCUT2D eigenvalue weighted by atomic mass is 9.91. The van der Waals surface area contributed by atoms with Gasteiger partial charge >= 0.3 is 5.97 Å². The van der Waals surface area contributed by atoms with Crippen molar-refractivity contribution in [3.05, 3.63) is 29.8 Å². The lowest BCUT2D eigenvalue weighted by Gasteiger charge is -2.31. The van der Waals surface area contributed by atoms with Crippen LogP contribution in [0.15, 0.2) is 29.2 Å². The SMILES string of the molecule is CCC(CC)(CC)NS(=O)(=O)c1ccc(C(=O)O)cc1. The van der Waals surface area contributed by atoms with Crippen molar-refractivity contribution in [2.45, 2.75) is 50.5 Å². The highest BCUT2D eigenvalue weighted by atomic mass is 32.2. The minimum absolute atomic E-state index is 0.0664. The summed E-state index contributed by atoms with van der Waals surface area (Å²) >= 11 is 0. The minimum atomic E-state index is -3.64. The zero-order chi connectivity index (χ0) is 15.4. The summed E-state index contributed by atoms with van der Waals surface area (Å²) < 4.78 is 27.4. The monoisotopic (exact) mass is 299 g/mol. The topological polar surface area (TPSA) is 83.5 Å². The van der Waals surface area contributed by atoms with E-state index < -0.39 is 21.5 Å². The molecule has 1 rings (SSSR count). The molecule has 0 saturated heterocycles. The van der Waals surface area contributed by atoms with Crippen LogP contribution in [0.1, 0.15) is 50.4 Å². The zero-order valence-electron chi connectivity index (χ0n) is 12.0. The average Bonchev–Trinajstić information content (AvgIpc) is 2.45. The first-order valence-electron chi connectivity index (χ1n) is 6.67. The molecule has 0 heterocycles. The van der Waals surface area contributed by atoms with E-state index in [4.69, 9.17) is 5.11 Å². The van der Waals surface area contributed by atoms with E-state index in [0.717, 1.165) is 0 Å². The third-order valence-electron chi connectivity index (χ3n) is 3.79. The van der Waals surface area contributed by atoms with Gasteiger partial charge in [-0.1, -0.05) is 20.8 Å². The Morgan fingerprint density at radius 3 is 1.90 bits per heavy atom. The molecule has 0 aromatic heterocycles. The van der Waals surface area contributed by atoms with Crippen LogP contribution in [0.2, 0.25) is 0 Å². The summed E-state index contributed by atoms with van der Waals surface area (Å²) in [4.78, 5) is 10.8. The number of carboxylic acids is 1. The predicted octanol–water partition coefficient (Wildman–Crippen LogP) is 2.63. The van der Waals surface area contributed by atoms with Gasteiger partial charge in [-0.2, -0.15) is 0 Å². The van der Waals surface area contributed by atoms with Gasteiger partial charge in [-0.25, -0.2) is 17.9 Å². The highest BCUT2D eigenvalue weighted by Crippen LogP contribution is 2.23. The van der Waals surface area contributed by atoms with Gasteiger partial charge in [0.05, 0.1) is 10.5 Å². The summed E-state index contributed by atoms with van der Waals surface area (Å²) in [6, 6.07) is 5.22. The van der Waals surface area contributed by atoms with Crippen LogP contribution in [0.5, 0.6) is 0 Å². The minimum Gasteiger partial charge on any atom is -0.478 e. The standard InChI is InChI=1S/C14H21NO4S/c1-4-14(5-2,6-3)15-20(18,19)12-9-7-11(8-10-12)13(16)17/h7-10,15H,4-6H2,1-3H3,(H,16,17). The molecule has 2 N–H and O–H groups in total. The summed E-state index contributed by atoms with van der Waals surface area (Å²) in [7, 11) is -3.64. The van der Waals surface area contributed by atoms with Gasteiger partial charge in [0, 0.05) is 5.54 Å². The Bertz CT molecular complexity index is 551. The Morgan fingerprint density at radius 1 is 1.10 bits per heavy atom. The summed E-state index contributed by atoms with van der Waals surface area (Å²) in [6.07, 6.45) is 2.10. The molecule has 0 atom stereocenters. The van der Waals surface area contributed by atoms with Crippen LogP contribution in [-0.4, -0.2) is 25.0 Å². The van der Waals surface area contributed by atoms with E-state index in [9.17, 15) is 13.2 Å². The van der Waals surface area contributed by atoms with Gasteiger partial charge in [0.25, 0.3) is 0 Å². The number of benzene rings is 1. The second kappa shape index (κ2) is 6.37. The predicted molar refractivity (Wildman–Crippen MR) is 77.3 cm³/mol. The number of hydrogen-bond acceptors (Lipinski definition) is 3. The van der Waals surface area contributed by atoms with Gasteiger partial charge in [-0.05, 0) is 43.5 Å². The summed E-state index contributed by atoms with van der Waals surface area (Å²) in [5.41, 5.74) is -0.388. The quantitative estimate of drug-likeness (QED) is 0.810. The normalized spacial score (nSPS) is 12.3. The molecule has 20 heavy (non-hydrogen) atoms. The Morgan fingerprint density at radius 2 is 1.55 bits per heavy atom. The van der Waals surface area contributed by atoms with Crippen LogP contribution in [0, 0.1) is 0 Å². The molecule has 0 spiro atoms. The summed E-state index contributed by atoms with van der Waals surface area (Å²) in [5, 5.41) is 8.81. The highest BCUT2D eigenvalue weighted by Gasteiger charge is 2.30. The molecule has 0 unspecified atom stereocenters. The molecule has 1 aromatic rings. The Balaban J connectivity index is 3.07. The fraction of sp³-hybridized carbons (Fsp3) is 0.500. The van der Waals surface area contributed by atoms with Crippen LogP contribution in [-0.2, 0) is 10.0 Å². The number of hydrogen-bond donors (Lipinski definition) is 2. The number of sulfonamides is 1. The summed E-state index contributed by atoms with van der Waals surface area (Å²) in [5.74, 6) is -1.08. The molecule has 0 radical (unpaired) electrons. The number of carboxylic acid groups (broad SMARTS) is 1. The molecular formula is C14H21NO4S. The second-order valence-corrected chi connectivity index (χ2v) is 6.46. The van der Waals surface area contributed by atoms with Gasteiger partial charge in [0.2, 0.25) is 10.0 Å². The van der Waals surface area contributed by atoms with Crippen LogP contribution >= 0.6 is 0 Å². The maximum atomic E-state index is 12.3. The van der Waals surface area contributed by atoms with Gasteiger partial charge in [-0.15, -0.1) is 0 Å². The maximum Gasteiger partial charge on any atom is 0.335 e. The molecule has 0 aliphatic heterocycles. The lowest BCUT2D eigenvalue weighted by Crippen LogP contribution is -2.46. The van der Waals surface area contributed by atoms with E-state index in [1.165, 1.54) is 24.3 Å². The number of aromatic carboxylic acids is 1. The largest absolute Gasteiger partial charge is 0.478 e. The summed E-state index contributed by atoms with van der Waals surface area (Å²) in [6.45, 7) is 5.84. The average molecular weight is 299 g/mol. The van der Waals surface area contributed by atoms with E-state index in [1.54, 1.807) is 0 Å². The van der Waals surface area contributed by atoms with E-state index in [1.807, 2.05) is 20.8 Å². The van der Waals surface area contributed by atoms with Crippen molar-refractivity contribution in [2.24, 2.45) is 0 Å². The maximum absolute atomic E-state index is 12.3.